The summed E-state index contributed by atoms with van der Waals surface area (Å²) >= 11 is 0. The summed E-state index contributed by atoms with van der Waals surface area (Å²) in [5.74, 6) is -2.78. The Morgan fingerprint density at radius 1 is 1.35 bits per heavy atom. The van der Waals surface area contributed by atoms with Crippen molar-refractivity contribution in [2.75, 3.05) is 6.54 Å². The third-order valence-corrected chi connectivity index (χ3v) is 2.78. The predicted molar refractivity (Wildman–Crippen MR) is 69.2 cm³/mol. The van der Waals surface area contributed by atoms with Gasteiger partial charge in [-0.2, -0.15) is 0 Å². The second-order valence-corrected chi connectivity index (χ2v) is 4.15. The summed E-state index contributed by atoms with van der Waals surface area (Å²) in [4.78, 5) is 39.0. The minimum absolute atomic E-state index is 0.159. The minimum atomic E-state index is -1.16. The standard InChI is InChI=1S/C13H16N2O5/c1-2-10(13(19)20)15(7-5-11(16)17)12(18)9-4-3-6-14-8-9/h3-4,6,8,10H,2,5,7H2,1H3,(H,16,17)(H,19,20). The maximum atomic E-state index is 12.3. The van der Waals surface area contributed by atoms with Gasteiger partial charge in [0.05, 0.1) is 12.0 Å². The summed E-state index contributed by atoms with van der Waals surface area (Å²) in [6.07, 6.45) is 2.70. The molecule has 1 aromatic heterocycles. The molecule has 0 saturated heterocycles. The van der Waals surface area contributed by atoms with Crippen LogP contribution in [0.1, 0.15) is 30.1 Å². The molecular formula is C13H16N2O5. The molecule has 1 amide bonds. The Bertz CT molecular complexity index is 489. The SMILES string of the molecule is CCC(C(=O)O)N(CCC(=O)O)C(=O)c1cccnc1. The van der Waals surface area contributed by atoms with E-state index in [1.54, 1.807) is 13.0 Å². The van der Waals surface area contributed by atoms with E-state index in [1.165, 1.54) is 18.5 Å². The van der Waals surface area contributed by atoms with Crippen molar-refractivity contribution in [3.63, 3.8) is 0 Å². The average molecular weight is 280 g/mol. The van der Waals surface area contributed by atoms with Crippen molar-refractivity contribution in [3.05, 3.63) is 30.1 Å². The van der Waals surface area contributed by atoms with E-state index in [2.05, 4.69) is 4.98 Å². The number of rotatable bonds is 7. The molecule has 1 rings (SSSR count). The van der Waals surface area contributed by atoms with Crippen molar-refractivity contribution in [1.82, 2.24) is 9.88 Å². The molecule has 0 saturated carbocycles. The van der Waals surface area contributed by atoms with Crippen molar-refractivity contribution in [1.29, 1.82) is 0 Å². The zero-order chi connectivity index (χ0) is 15.1. The highest BCUT2D eigenvalue weighted by Gasteiger charge is 2.29. The van der Waals surface area contributed by atoms with E-state index in [-0.39, 0.29) is 24.9 Å². The third-order valence-electron chi connectivity index (χ3n) is 2.78. The Labute approximate surface area is 115 Å². The highest BCUT2D eigenvalue weighted by Crippen LogP contribution is 2.11. The molecule has 7 nitrogen and oxygen atoms in total. The predicted octanol–water partition coefficient (Wildman–Crippen LogP) is 0.862. The van der Waals surface area contributed by atoms with Crippen molar-refractivity contribution in [3.8, 4) is 0 Å². The summed E-state index contributed by atoms with van der Waals surface area (Å²) in [5, 5.41) is 17.9. The van der Waals surface area contributed by atoms with Gasteiger partial charge in [-0.3, -0.25) is 14.6 Å². The Balaban J connectivity index is 3.00. The lowest BCUT2D eigenvalue weighted by Crippen LogP contribution is -2.45. The molecule has 0 aliphatic rings. The van der Waals surface area contributed by atoms with Gasteiger partial charge in [-0.1, -0.05) is 6.92 Å². The first-order valence-corrected chi connectivity index (χ1v) is 6.13. The molecule has 2 N–H and O–H groups in total. The first-order valence-electron chi connectivity index (χ1n) is 6.13. The molecule has 1 unspecified atom stereocenters. The molecule has 0 aliphatic carbocycles. The number of pyridine rings is 1. The fraction of sp³-hybridized carbons (Fsp3) is 0.385. The number of carboxylic acid groups (broad SMARTS) is 2. The van der Waals surface area contributed by atoms with Crippen LogP contribution in [0.5, 0.6) is 0 Å². The van der Waals surface area contributed by atoms with Gasteiger partial charge in [0.15, 0.2) is 0 Å². The molecule has 7 heteroatoms. The van der Waals surface area contributed by atoms with Crippen molar-refractivity contribution in [2.24, 2.45) is 0 Å². The molecular weight excluding hydrogens is 264 g/mol. The fourth-order valence-electron chi connectivity index (χ4n) is 1.80. The zero-order valence-corrected chi connectivity index (χ0v) is 11.0. The maximum Gasteiger partial charge on any atom is 0.326 e. The molecule has 1 atom stereocenters. The second-order valence-electron chi connectivity index (χ2n) is 4.15. The maximum absolute atomic E-state index is 12.3. The number of nitrogens with zero attached hydrogens (tertiary/aromatic N) is 2. The van der Waals surface area contributed by atoms with Crippen LogP contribution in [0.4, 0.5) is 0 Å². The molecule has 20 heavy (non-hydrogen) atoms. The number of hydrogen-bond acceptors (Lipinski definition) is 4. The fourth-order valence-corrected chi connectivity index (χ4v) is 1.80. The van der Waals surface area contributed by atoms with Gasteiger partial charge in [0.1, 0.15) is 6.04 Å². The van der Waals surface area contributed by atoms with Crippen LogP contribution in [0.2, 0.25) is 0 Å². The smallest absolute Gasteiger partial charge is 0.326 e. The first kappa shape index (κ1) is 15.6. The molecule has 0 fully saturated rings. The normalized spacial score (nSPS) is 11.7. The van der Waals surface area contributed by atoms with E-state index < -0.39 is 23.9 Å². The van der Waals surface area contributed by atoms with E-state index in [1.807, 2.05) is 0 Å². The Morgan fingerprint density at radius 3 is 2.50 bits per heavy atom. The van der Waals surface area contributed by atoms with Gasteiger partial charge in [0.25, 0.3) is 5.91 Å². The van der Waals surface area contributed by atoms with Crippen LogP contribution in [-0.4, -0.2) is 50.5 Å². The van der Waals surface area contributed by atoms with E-state index in [4.69, 9.17) is 10.2 Å². The minimum Gasteiger partial charge on any atom is -0.481 e. The lowest BCUT2D eigenvalue weighted by molar-refractivity contribution is -0.144. The highest BCUT2D eigenvalue weighted by atomic mass is 16.4. The molecule has 0 radical (unpaired) electrons. The number of aromatic nitrogens is 1. The van der Waals surface area contributed by atoms with Gasteiger partial charge in [0, 0.05) is 18.9 Å². The average Bonchev–Trinajstić information content (AvgIpc) is 2.43. The summed E-state index contributed by atoms with van der Waals surface area (Å²) < 4.78 is 0. The quantitative estimate of drug-likeness (QED) is 0.767. The number of carbonyl (C=O) groups excluding carboxylic acids is 1. The van der Waals surface area contributed by atoms with Gasteiger partial charge >= 0.3 is 11.9 Å². The molecule has 0 aromatic carbocycles. The Hall–Kier alpha value is -2.44. The van der Waals surface area contributed by atoms with E-state index in [9.17, 15) is 14.4 Å². The van der Waals surface area contributed by atoms with Crippen molar-refractivity contribution < 1.29 is 24.6 Å². The van der Waals surface area contributed by atoms with Crippen LogP contribution in [0.3, 0.4) is 0 Å². The van der Waals surface area contributed by atoms with Crippen LogP contribution in [0.15, 0.2) is 24.5 Å². The summed E-state index contributed by atoms with van der Waals surface area (Å²) in [5.41, 5.74) is 0.234. The monoisotopic (exact) mass is 280 g/mol. The number of carbonyl (C=O) groups is 3. The lowest BCUT2D eigenvalue weighted by Gasteiger charge is -2.27. The molecule has 1 aromatic rings. The topological polar surface area (TPSA) is 108 Å². The Kier molecular flexibility index (Phi) is 5.64. The van der Waals surface area contributed by atoms with Gasteiger partial charge in [0.2, 0.25) is 0 Å². The lowest BCUT2D eigenvalue weighted by atomic mass is 10.1. The Morgan fingerprint density at radius 2 is 2.05 bits per heavy atom. The highest BCUT2D eigenvalue weighted by molar-refractivity contribution is 5.96. The first-order chi connectivity index (χ1) is 9.47. The van der Waals surface area contributed by atoms with E-state index >= 15 is 0 Å². The summed E-state index contributed by atoms with van der Waals surface area (Å²) in [6, 6.07) is 2.02. The van der Waals surface area contributed by atoms with Crippen LogP contribution < -0.4 is 0 Å². The van der Waals surface area contributed by atoms with Gasteiger partial charge < -0.3 is 15.1 Å². The van der Waals surface area contributed by atoms with E-state index in [0.29, 0.717) is 0 Å². The number of amides is 1. The van der Waals surface area contributed by atoms with Crippen LogP contribution >= 0.6 is 0 Å². The molecule has 0 spiro atoms. The summed E-state index contributed by atoms with van der Waals surface area (Å²) in [7, 11) is 0. The van der Waals surface area contributed by atoms with Crippen LogP contribution in [-0.2, 0) is 9.59 Å². The number of carboxylic acids is 2. The summed E-state index contributed by atoms with van der Waals surface area (Å²) in [6.45, 7) is 1.47. The van der Waals surface area contributed by atoms with Gasteiger partial charge in [-0.05, 0) is 18.6 Å². The van der Waals surface area contributed by atoms with Gasteiger partial charge in [-0.25, -0.2) is 4.79 Å². The molecule has 0 aliphatic heterocycles. The largest absolute Gasteiger partial charge is 0.481 e. The third kappa shape index (κ3) is 4.04. The molecule has 108 valence electrons. The molecule has 0 bridgehead atoms. The second kappa shape index (κ2) is 7.22. The van der Waals surface area contributed by atoms with Crippen molar-refractivity contribution in [2.45, 2.75) is 25.8 Å². The molecule has 1 heterocycles. The van der Waals surface area contributed by atoms with Gasteiger partial charge in [-0.15, -0.1) is 0 Å². The zero-order valence-electron chi connectivity index (χ0n) is 11.0. The van der Waals surface area contributed by atoms with E-state index in [0.717, 1.165) is 4.90 Å². The van der Waals surface area contributed by atoms with Crippen LogP contribution in [0.25, 0.3) is 0 Å². The van der Waals surface area contributed by atoms with Crippen molar-refractivity contribution >= 4 is 17.8 Å². The number of hydrogen-bond donors (Lipinski definition) is 2. The van der Waals surface area contributed by atoms with Crippen LogP contribution in [0, 0.1) is 0 Å². The number of aliphatic carboxylic acids is 2.